The molecular weight excluding hydrogens is 755 g/mol. The first kappa shape index (κ1) is 33.0. The molecule has 0 bridgehead atoms. The molecule has 0 saturated heterocycles. The number of rotatable bonds is 2. The predicted octanol–water partition coefficient (Wildman–Crippen LogP) is 7.11. The average Bonchev–Trinajstić information content (AvgIpc) is 3.33. The van der Waals surface area contributed by atoms with E-state index in [1.54, 1.807) is 0 Å². The molecule has 0 unspecified atom stereocenters. The zero-order valence-corrected chi connectivity index (χ0v) is 33.4. The zero-order chi connectivity index (χ0) is 40.2. The largest absolute Gasteiger partial charge is 0.458 e. The van der Waals surface area contributed by atoms with Crippen molar-refractivity contribution in [2.24, 2.45) is 0 Å². The van der Waals surface area contributed by atoms with Gasteiger partial charge >= 0.3 is 0 Å². The number of fused-ring (bicyclic) bond motifs is 14. The molecule has 0 aromatic heterocycles. The van der Waals surface area contributed by atoms with Crippen molar-refractivity contribution in [3.63, 3.8) is 0 Å². The summed E-state index contributed by atoms with van der Waals surface area (Å²) < 4.78 is 14.2. The molecule has 284 valence electrons. The maximum absolute atomic E-state index is 7.16. The van der Waals surface area contributed by atoms with Gasteiger partial charge in [-0.3, -0.25) is 0 Å². The van der Waals surface area contributed by atoms with Crippen LogP contribution < -0.4 is 73.3 Å². The highest BCUT2D eigenvalue weighted by Gasteiger charge is 2.52. The first-order valence-electron chi connectivity index (χ1n) is 21.5. The SMILES string of the molecule is c1ccc(N2c3ccccc3B3c4cc5c(cc4Oc4cccc2c43)N(c2ccccc2)c2cc3c4c6c2B5c2ccccc2N6c2ccccc2B4c2ccccc2O3)cc1. The Morgan fingerprint density at radius 2 is 0.758 bits per heavy atom. The van der Waals surface area contributed by atoms with E-state index in [4.69, 9.17) is 9.47 Å². The third-order valence-electron chi connectivity index (χ3n) is 14.1. The van der Waals surface area contributed by atoms with Gasteiger partial charge in [-0.2, -0.15) is 0 Å². The van der Waals surface area contributed by atoms with Gasteiger partial charge in [0.15, 0.2) is 0 Å². The summed E-state index contributed by atoms with van der Waals surface area (Å²) in [7, 11) is 0. The third-order valence-corrected chi connectivity index (χ3v) is 14.1. The molecule has 5 nitrogen and oxygen atoms in total. The molecule has 0 amide bonds. The van der Waals surface area contributed by atoms with E-state index in [2.05, 4.69) is 209 Å². The van der Waals surface area contributed by atoms with Crippen LogP contribution in [-0.2, 0) is 0 Å². The lowest BCUT2D eigenvalue weighted by Crippen LogP contribution is -2.68. The van der Waals surface area contributed by atoms with Crippen molar-refractivity contribution in [3.05, 3.63) is 194 Å². The quantitative estimate of drug-likeness (QED) is 0.175. The fourth-order valence-corrected chi connectivity index (χ4v) is 11.8. The lowest BCUT2D eigenvalue weighted by molar-refractivity contribution is 0.487. The van der Waals surface area contributed by atoms with Crippen LogP contribution in [0, 0.1) is 0 Å². The van der Waals surface area contributed by atoms with Gasteiger partial charge in [0, 0.05) is 63.3 Å². The summed E-state index contributed by atoms with van der Waals surface area (Å²) in [5, 5.41) is 0. The van der Waals surface area contributed by atoms with Crippen molar-refractivity contribution in [2.75, 3.05) is 14.7 Å². The van der Waals surface area contributed by atoms with Crippen LogP contribution in [0.1, 0.15) is 0 Å². The van der Waals surface area contributed by atoms with Gasteiger partial charge in [-0.1, -0.05) is 121 Å². The van der Waals surface area contributed by atoms with E-state index < -0.39 is 0 Å². The van der Waals surface area contributed by atoms with E-state index in [9.17, 15) is 0 Å². The molecule has 0 aliphatic carbocycles. The van der Waals surface area contributed by atoms with Crippen LogP contribution in [0.25, 0.3) is 0 Å². The second-order valence-electron chi connectivity index (χ2n) is 17.1. The molecular formula is C54H32B3N3O2. The van der Waals surface area contributed by atoms with Gasteiger partial charge in [-0.05, 0) is 110 Å². The van der Waals surface area contributed by atoms with Crippen LogP contribution in [0.2, 0.25) is 0 Å². The van der Waals surface area contributed by atoms with E-state index in [1.165, 1.54) is 71.9 Å². The Kier molecular flexibility index (Phi) is 6.34. The van der Waals surface area contributed by atoms with Crippen molar-refractivity contribution in [1.82, 2.24) is 0 Å². The monoisotopic (exact) mass is 787 g/mol. The summed E-state index contributed by atoms with van der Waals surface area (Å²) in [5.41, 5.74) is 21.7. The molecule has 0 atom stereocenters. The lowest BCUT2D eigenvalue weighted by Gasteiger charge is -2.49. The summed E-state index contributed by atoms with van der Waals surface area (Å²) in [5.74, 6) is 3.60. The molecule has 62 heavy (non-hydrogen) atoms. The fraction of sp³-hybridized carbons (Fsp3) is 0. The van der Waals surface area contributed by atoms with Gasteiger partial charge < -0.3 is 24.2 Å². The van der Waals surface area contributed by atoms with Crippen molar-refractivity contribution in [2.45, 2.75) is 0 Å². The zero-order valence-electron chi connectivity index (χ0n) is 33.4. The molecule has 0 spiro atoms. The number of hydrogen-bond donors (Lipinski definition) is 0. The Balaban J connectivity index is 1.04. The van der Waals surface area contributed by atoms with E-state index in [0.717, 1.165) is 51.4 Å². The molecule has 9 aromatic rings. The van der Waals surface area contributed by atoms with Crippen molar-refractivity contribution >= 4 is 120 Å². The summed E-state index contributed by atoms with van der Waals surface area (Å²) in [6, 6.07) is 70.8. The highest BCUT2D eigenvalue weighted by atomic mass is 16.5. The van der Waals surface area contributed by atoms with Crippen molar-refractivity contribution < 1.29 is 9.47 Å². The summed E-state index contributed by atoms with van der Waals surface area (Å²) in [6.07, 6.45) is 0. The van der Waals surface area contributed by atoms with Gasteiger partial charge in [0.2, 0.25) is 0 Å². The molecule has 6 heterocycles. The van der Waals surface area contributed by atoms with Crippen LogP contribution in [0.5, 0.6) is 23.0 Å². The van der Waals surface area contributed by atoms with Crippen LogP contribution >= 0.6 is 0 Å². The Labute approximate surface area is 360 Å². The summed E-state index contributed by atoms with van der Waals surface area (Å²) >= 11 is 0. The maximum atomic E-state index is 7.16. The van der Waals surface area contributed by atoms with Crippen LogP contribution in [-0.4, -0.2) is 20.1 Å². The van der Waals surface area contributed by atoms with Crippen LogP contribution in [0.15, 0.2) is 194 Å². The highest BCUT2D eigenvalue weighted by Crippen LogP contribution is 2.49. The molecule has 9 aromatic carbocycles. The number of anilines is 9. The molecule has 0 saturated carbocycles. The Morgan fingerprint density at radius 1 is 0.274 bits per heavy atom. The normalized spacial score (nSPS) is 14.5. The fourth-order valence-electron chi connectivity index (χ4n) is 11.8. The second kappa shape index (κ2) is 11.9. The van der Waals surface area contributed by atoms with Gasteiger partial charge in [0.1, 0.15) is 23.0 Å². The molecule has 6 aliphatic rings. The van der Waals surface area contributed by atoms with E-state index >= 15 is 0 Å². The second-order valence-corrected chi connectivity index (χ2v) is 17.1. The summed E-state index contributed by atoms with van der Waals surface area (Å²) in [4.78, 5) is 7.41. The molecule has 0 fully saturated rings. The number of ether oxygens (including phenoxy) is 2. The minimum atomic E-state index is -0.0580. The van der Waals surface area contributed by atoms with Gasteiger partial charge in [-0.25, -0.2) is 0 Å². The number of para-hydroxylation sites is 6. The molecule has 6 aliphatic heterocycles. The number of benzene rings is 9. The topological polar surface area (TPSA) is 28.2 Å². The van der Waals surface area contributed by atoms with Crippen molar-refractivity contribution in [1.29, 1.82) is 0 Å². The van der Waals surface area contributed by atoms with Crippen molar-refractivity contribution in [3.8, 4) is 23.0 Å². The molecule has 15 rings (SSSR count). The number of hydrogen-bond acceptors (Lipinski definition) is 5. The minimum Gasteiger partial charge on any atom is -0.458 e. The molecule has 0 N–H and O–H groups in total. The van der Waals surface area contributed by atoms with Crippen LogP contribution in [0.4, 0.5) is 51.2 Å². The summed E-state index contributed by atoms with van der Waals surface area (Å²) in [6.45, 7) is -0.0629. The van der Waals surface area contributed by atoms with E-state index in [1.807, 2.05) is 0 Å². The third kappa shape index (κ3) is 4.12. The number of nitrogens with zero attached hydrogens (tertiary/aromatic N) is 3. The first-order chi connectivity index (χ1) is 30.8. The molecule has 0 radical (unpaired) electrons. The van der Waals surface area contributed by atoms with Gasteiger partial charge in [0.25, 0.3) is 20.1 Å². The van der Waals surface area contributed by atoms with Gasteiger partial charge in [-0.15, -0.1) is 0 Å². The van der Waals surface area contributed by atoms with E-state index in [0.29, 0.717) is 0 Å². The van der Waals surface area contributed by atoms with E-state index in [-0.39, 0.29) is 20.1 Å². The molecule has 8 heteroatoms. The standard InChI is InChI=1S/C54H32B3N3O2/c1-3-16-33(17-4-1)58-41-24-11-7-20-35(41)57-40-30-39-45(31-49(40)62-48-29-15-27-44(58)51(48)57)59(34-18-5-2-6-19-34)46-32-50-53-54-52(46)56(39)37-22-9-13-26-43(37)60(54)42-25-12-8-21-36(42)55(53)38-23-10-14-28-47(38)61-50/h1-32H. The highest BCUT2D eigenvalue weighted by molar-refractivity contribution is 7.05. The average molecular weight is 787 g/mol. The predicted molar refractivity (Wildman–Crippen MR) is 257 cm³/mol. The lowest BCUT2D eigenvalue weighted by atomic mass is 9.28. The Hall–Kier alpha value is -7.83. The maximum Gasteiger partial charge on any atom is 0.256 e. The Morgan fingerprint density at radius 3 is 1.44 bits per heavy atom. The minimum absolute atomic E-state index is 0.0262. The Bertz CT molecular complexity index is 3430. The smallest absolute Gasteiger partial charge is 0.256 e. The van der Waals surface area contributed by atoms with Crippen LogP contribution in [0.3, 0.4) is 0 Å². The van der Waals surface area contributed by atoms with Gasteiger partial charge in [0.05, 0.1) is 0 Å². The first-order valence-corrected chi connectivity index (χ1v) is 21.5.